The number of hydrogen-bond donors (Lipinski definition) is 2. The fourth-order valence-electron chi connectivity index (χ4n) is 1.09. The van der Waals surface area contributed by atoms with Crippen LogP contribution in [0.15, 0.2) is 29.3 Å². The Bertz CT molecular complexity index is 483. The van der Waals surface area contributed by atoms with E-state index in [4.69, 9.17) is 5.73 Å². The molecule has 0 unspecified atom stereocenters. The molecule has 0 fully saturated rings. The highest BCUT2D eigenvalue weighted by Crippen LogP contribution is 2.09. The van der Waals surface area contributed by atoms with Crippen LogP contribution in [0.1, 0.15) is 0 Å². The van der Waals surface area contributed by atoms with Gasteiger partial charge < -0.3 is 10.7 Å². The largest absolute Gasteiger partial charge is 0.399 e. The van der Waals surface area contributed by atoms with E-state index >= 15 is 0 Å². The summed E-state index contributed by atoms with van der Waals surface area (Å²) in [5.41, 5.74) is 6.58. The van der Waals surface area contributed by atoms with Crippen LogP contribution in [-0.4, -0.2) is 9.97 Å². The quantitative estimate of drug-likeness (QED) is 0.676. The first-order valence-electron chi connectivity index (χ1n) is 3.50. The highest BCUT2D eigenvalue weighted by atomic mass is 35.5. The fourth-order valence-corrected chi connectivity index (χ4v) is 1.09. The minimum atomic E-state index is -0.160. The molecule has 0 saturated heterocycles. The van der Waals surface area contributed by atoms with E-state index < -0.39 is 0 Å². The Hall–Kier alpha value is -1.26. The Labute approximate surface area is 92.4 Å². The number of anilines is 1. The van der Waals surface area contributed by atoms with Crippen molar-refractivity contribution in [3.63, 3.8) is 0 Å². The first kappa shape index (κ1) is 12.7. The minimum Gasteiger partial charge on any atom is -0.399 e. The molecule has 0 saturated carbocycles. The number of hydrogen-bond acceptors (Lipinski definition) is 3. The number of aromatic nitrogens is 2. The maximum absolute atomic E-state index is 11.2. The smallest absolute Gasteiger partial charge is 0.258 e. The molecule has 3 N–H and O–H groups in total. The van der Waals surface area contributed by atoms with Crippen molar-refractivity contribution in [3.8, 4) is 0 Å². The Balaban J connectivity index is 0.000000845. The van der Waals surface area contributed by atoms with Crippen LogP contribution in [0.2, 0.25) is 0 Å². The Morgan fingerprint density at radius 1 is 1.29 bits per heavy atom. The van der Waals surface area contributed by atoms with Gasteiger partial charge in [0.15, 0.2) is 0 Å². The molecule has 2 aromatic rings. The molecule has 76 valence electrons. The maximum atomic E-state index is 11.2. The van der Waals surface area contributed by atoms with Crippen molar-refractivity contribution >= 4 is 41.4 Å². The summed E-state index contributed by atoms with van der Waals surface area (Å²) >= 11 is 0. The molecular formula is C8H9Cl2N3O. The SMILES string of the molecule is Cl.Cl.Nc1ccc2nc[nH]c(=O)c2c1. The van der Waals surface area contributed by atoms with E-state index in [2.05, 4.69) is 9.97 Å². The monoisotopic (exact) mass is 233 g/mol. The average molecular weight is 234 g/mol. The van der Waals surface area contributed by atoms with Crippen molar-refractivity contribution in [2.75, 3.05) is 5.73 Å². The molecule has 1 aromatic heterocycles. The lowest BCUT2D eigenvalue weighted by Crippen LogP contribution is -2.06. The standard InChI is InChI=1S/C8H7N3O.2ClH/c9-5-1-2-7-6(3-5)8(12)11-4-10-7;;/h1-4H,9H2,(H,10,11,12);2*1H. The number of H-pyrrole nitrogens is 1. The highest BCUT2D eigenvalue weighted by Gasteiger charge is 1.97. The van der Waals surface area contributed by atoms with Crippen LogP contribution in [0, 0.1) is 0 Å². The van der Waals surface area contributed by atoms with Crippen molar-refractivity contribution in [1.29, 1.82) is 0 Å². The van der Waals surface area contributed by atoms with Crippen LogP contribution in [0.4, 0.5) is 5.69 Å². The van der Waals surface area contributed by atoms with Gasteiger partial charge in [-0.05, 0) is 18.2 Å². The molecule has 2 rings (SSSR count). The van der Waals surface area contributed by atoms with Gasteiger partial charge in [-0.1, -0.05) is 0 Å². The molecule has 0 aliphatic heterocycles. The third kappa shape index (κ3) is 2.16. The van der Waals surface area contributed by atoms with Gasteiger partial charge in [0.25, 0.3) is 5.56 Å². The number of nitrogens with zero attached hydrogens (tertiary/aromatic N) is 1. The molecule has 0 spiro atoms. The maximum Gasteiger partial charge on any atom is 0.258 e. The molecule has 1 heterocycles. The van der Waals surface area contributed by atoms with Crippen molar-refractivity contribution in [2.24, 2.45) is 0 Å². The highest BCUT2D eigenvalue weighted by molar-refractivity contribution is 5.85. The van der Waals surface area contributed by atoms with Crippen LogP contribution in [0.3, 0.4) is 0 Å². The molecule has 0 atom stereocenters. The minimum absolute atomic E-state index is 0. The van der Waals surface area contributed by atoms with E-state index in [1.165, 1.54) is 6.33 Å². The lowest BCUT2D eigenvalue weighted by atomic mass is 10.2. The first-order valence-corrected chi connectivity index (χ1v) is 3.50. The molecule has 1 aromatic carbocycles. The van der Waals surface area contributed by atoms with Gasteiger partial charge in [-0.3, -0.25) is 4.79 Å². The molecule has 0 bridgehead atoms. The predicted octanol–water partition coefficient (Wildman–Crippen LogP) is 1.35. The van der Waals surface area contributed by atoms with Gasteiger partial charge in [0.2, 0.25) is 0 Å². The van der Waals surface area contributed by atoms with Gasteiger partial charge in [0.1, 0.15) is 0 Å². The third-order valence-electron chi connectivity index (χ3n) is 1.66. The van der Waals surface area contributed by atoms with E-state index in [1.54, 1.807) is 18.2 Å². The van der Waals surface area contributed by atoms with Gasteiger partial charge in [-0.2, -0.15) is 0 Å². The molecular weight excluding hydrogens is 225 g/mol. The summed E-state index contributed by atoms with van der Waals surface area (Å²) in [5, 5.41) is 0.525. The lowest BCUT2D eigenvalue weighted by molar-refractivity contribution is 1.17. The predicted molar refractivity (Wildman–Crippen MR) is 61.3 cm³/mol. The van der Waals surface area contributed by atoms with Gasteiger partial charge in [-0.25, -0.2) is 4.98 Å². The third-order valence-corrected chi connectivity index (χ3v) is 1.66. The summed E-state index contributed by atoms with van der Waals surface area (Å²) < 4.78 is 0. The zero-order chi connectivity index (χ0) is 8.55. The summed E-state index contributed by atoms with van der Waals surface area (Å²) in [5.74, 6) is 0. The Morgan fingerprint density at radius 2 is 2.00 bits per heavy atom. The molecule has 4 nitrogen and oxygen atoms in total. The summed E-state index contributed by atoms with van der Waals surface area (Å²) in [6, 6.07) is 5.05. The second-order valence-electron chi connectivity index (χ2n) is 2.51. The number of halogens is 2. The number of nitrogens with two attached hydrogens (primary N) is 1. The number of fused-ring (bicyclic) bond motifs is 1. The fraction of sp³-hybridized carbons (Fsp3) is 0. The van der Waals surface area contributed by atoms with E-state index in [1.807, 2.05) is 0 Å². The van der Waals surface area contributed by atoms with E-state index in [-0.39, 0.29) is 30.4 Å². The summed E-state index contributed by atoms with van der Waals surface area (Å²) in [6.45, 7) is 0. The molecule has 6 heteroatoms. The lowest BCUT2D eigenvalue weighted by Gasteiger charge is -1.95. The van der Waals surface area contributed by atoms with Crippen LogP contribution in [0.5, 0.6) is 0 Å². The second kappa shape index (κ2) is 4.83. The molecule has 14 heavy (non-hydrogen) atoms. The Morgan fingerprint density at radius 3 is 2.71 bits per heavy atom. The molecule has 0 radical (unpaired) electrons. The van der Waals surface area contributed by atoms with Crippen LogP contribution in [-0.2, 0) is 0 Å². The zero-order valence-electron chi connectivity index (χ0n) is 7.06. The zero-order valence-corrected chi connectivity index (χ0v) is 8.69. The second-order valence-corrected chi connectivity index (χ2v) is 2.51. The summed E-state index contributed by atoms with van der Waals surface area (Å²) in [4.78, 5) is 17.6. The van der Waals surface area contributed by atoms with E-state index in [9.17, 15) is 4.79 Å². The topological polar surface area (TPSA) is 71.8 Å². The number of aromatic amines is 1. The van der Waals surface area contributed by atoms with Gasteiger partial charge >= 0.3 is 0 Å². The van der Waals surface area contributed by atoms with E-state index in [0.29, 0.717) is 16.6 Å². The van der Waals surface area contributed by atoms with Gasteiger partial charge in [-0.15, -0.1) is 24.8 Å². The van der Waals surface area contributed by atoms with Crippen LogP contribution >= 0.6 is 24.8 Å². The van der Waals surface area contributed by atoms with E-state index in [0.717, 1.165) is 0 Å². The van der Waals surface area contributed by atoms with Crippen molar-refractivity contribution < 1.29 is 0 Å². The van der Waals surface area contributed by atoms with Crippen LogP contribution < -0.4 is 11.3 Å². The summed E-state index contributed by atoms with van der Waals surface area (Å²) in [7, 11) is 0. The van der Waals surface area contributed by atoms with Gasteiger partial charge in [0.05, 0.1) is 17.2 Å². The molecule has 0 aliphatic carbocycles. The number of rotatable bonds is 0. The summed E-state index contributed by atoms with van der Waals surface area (Å²) in [6.07, 6.45) is 1.38. The van der Waals surface area contributed by atoms with Crippen molar-refractivity contribution in [2.45, 2.75) is 0 Å². The van der Waals surface area contributed by atoms with Crippen LogP contribution in [0.25, 0.3) is 10.9 Å². The molecule has 0 amide bonds. The first-order chi connectivity index (χ1) is 5.77. The van der Waals surface area contributed by atoms with Crippen molar-refractivity contribution in [1.82, 2.24) is 9.97 Å². The van der Waals surface area contributed by atoms with Gasteiger partial charge in [0, 0.05) is 5.69 Å². The number of nitrogen functional groups attached to an aromatic ring is 1. The number of nitrogens with one attached hydrogen (secondary N) is 1. The average Bonchev–Trinajstić information content (AvgIpc) is 2.07. The Kier molecular flexibility index (Phi) is 4.40. The normalized spacial score (nSPS) is 8.86. The van der Waals surface area contributed by atoms with Crippen molar-refractivity contribution in [3.05, 3.63) is 34.9 Å². The molecule has 0 aliphatic rings. The number of benzene rings is 1.